The van der Waals surface area contributed by atoms with Gasteiger partial charge in [-0.3, -0.25) is 4.78 Å². The number of hydrogen-bond donors (Lipinski definition) is 1. The molecule has 0 saturated carbocycles. The first-order valence-electron chi connectivity index (χ1n) is 5.94. The lowest BCUT2D eigenvalue weighted by Crippen LogP contribution is -2.44. The SMILES string of the molecule is C[C@H]1COCCN1c1cc(C[S@](C)(=N)=O)nc(Cl)n1. The quantitative estimate of drug-likeness (QED) is 0.857. The molecule has 0 aromatic carbocycles. The lowest BCUT2D eigenvalue weighted by atomic mass is 10.2. The highest BCUT2D eigenvalue weighted by Gasteiger charge is 2.21. The van der Waals surface area contributed by atoms with Gasteiger partial charge in [0.25, 0.3) is 0 Å². The van der Waals surface area contributed by atoms with Gasteiger partial charge in [0.15, 0.2) is 0 Å². The molecule has 1 fully saturated rings. The number of morpholine rings is 1. The molecule has 0 radical (unpaired) electrons. The number of hydrogen-bond acceptors (Lipinski definition) is 6. The Hall–Kier alpha value is -0.920. The Morgan fingerprint density at radius 1 is 1.63 bits per heavy atom. The van der Waals surface area contributed by atoms with E-state index in [9.17, 15) is 4.21 Å². The summed E-state index contributed by atoms with van der Waals surface area (Å²) in [5.74, 6) is 0.787. The summed E-state index contributed by atoms with van der Waals surface area (Å²) in [5.41, 5.74) is 0.538. The van der Waals surface area contributed by atoms with Crippen LogP contribution in [0.25, 0.3) is 0 Å². The van der Waals surface area contributed by atoms with Crippen molar-refractivity contribution in [3.63, 3.8) is 0 Å². The number of nitrogens with one attached hydrogen (secondary N) is 1. The second-order valence-electron chi connectivity index (χ2n) is 4.75. The van der Waals surface area contributed by atoms with Crippen LogP contribution in [0.15, 0.2) is 6.07 Å². The van der Waals surface area contributed by atoms with Crippen LogP contribution in [0.3, 0.4) is 0 Å². The van der Waals surface area contributed by atoms with Gasteiger partial charge in [0.05, 0.1) is 30.7 Å². The maximum atomic E-state index is 11.5. The lowest BCUT2D eigenvalue weighted by Gasteiger charge is -2.34. The molecule has 0 aliphatic carbocycles. The highest BCUT2D eigenvalue weighted by atomic mass is 35.5. The third-order valence-electron chi connectivity index (χ3n) is 2.82. The largest absolute Gasteiger partial charge is 0.377 e. The van der Waals surface area contributed by atoms with Crippen molar-refractivity contribution in [2.24, 2.45) is 0 Å². The van der Waals surface area contributed by atoms with Crippen molar-refractivity contribution in [3.05, 3.63) is 17.0 Å². The maximum absolute atomic E-state index is 11.5. The van der Waals surface area contributed by atoms with Crippen molar-refractivity contribution in [1.29, 1.82) is 4.78 Å². The monoisotopic (exact) mass is 304 g/mol. The summed E-state index contributed by atoms with van der Waals surface area (Å²) in [5, 5.41) is 0.120. The Morgan fingerprint density at radius 2 is 2.37 bits per heavy atom. The molecule has 1 aliphatic rings. The van der Waals surface area contributed by atoms with Crippen molar-refractivity contribution < 1.29 is 8.95 Å². The molecule has 1 aromatic rings. The molecule has 0 amide bonds. The van der Waals surface area contributed by atoms with Gasteiger partial charge in [-0.05, 0) is 18.5 Å². The van der Waals surface area contributed by atoms with Gasteiger partial charge in [0, 0.05) is 28.6 Å². The molecule has 6 nitrogen and oxygen atoms in total. The molecule has 2 rings (SSSR count). The van der Waals surface area contributed by atoms with Crippen LogP contribution in [0, 0.1) is 4.78 Å². The smallest absolute Gasteiger partial charge is 0.224 e. The van der Waals surface area contributed by atoms with Gasteiger partial charge in [-0.2, -0.15) is 0 Å². The van der Waals surface area contributed by atoms with Gasteiger partial charge in [-0.25, -0.2) is 14.2 Å². The molecule has 19 heavy (non-hydrogen) atoms. The van der Waals surface area contributed by atoms with Crippen molar-refractivity contribution >= 4 is 27.1 Å². The minimum atomic E-state index is -2.65. The van der Waals surface area contributed by atoms with Gasteiger partial charge < -0.3 is 9.64 Å². The molecule has 8 heteroatoms. The summed E-state index contributed by atoms with van der Waals surface area (Å²) in [7, 11) is -2.65. The Morgan fingerprint density at radius 3 is 3.00 bits per heavy atom. The van der Waals surface area contributed by atoms with E-state index in [0.29, 0.717) is 24.7 Å². The van der Waals surface area contributed by atoms with Crippen LogP contribution in [0.5, 0.6) is 0 Å². The topological polar surface area (TPSA) is 79.2 Å². The second kappa shape index (κ2) is 5.60. The van der Waals surface area contributed by atoms with Crippen LogP contribution < -0.4 is 4.90 Å². The predicted molar refractivity (Wildman–Crippen MR) is 75.2 cm³/mol. The van der Waals surface area contributed by atoms with Crippen LogP contribution in [-0.2, 0) is 20.2 Å². The summed E-state index contributed by atoms with van der Waals surface area (Å²) in [6.07, 6.45) is 1.39. The summed E-state index contributed by atoms with van der Waals surface area (Å²) < 4.78 is 24.4. The van der Waals surface area contributed by atoms with Gasteiger partial charge >= 0.3 is 0 Å². The normalized spacial score (nSPS) is 23.1. The lowest BCUT2D eigenvalue weighted by molar-refractivity contribution is 0.0985. The maximum Gasteiger partial charge on any atom is 0.224 e. The van der Waals surface area contributed by atoms with Crippen molar-refractivity contribution in [1.82, 2.24) is 9.97 Å². The number of anilines is 1. The number of halogens is 1. The first kappa shape index (κ1) is 14.5. The number of ether oxygens (including phenoxy) is 1. The second-order valence-corrected chi connectivity index (χ2v) is 7.39. The fourth-order valence-electron chi connectivity index (χ4n) is 2.02. The van der Waals surface area contributed by atoms with E-state index in [4.69, 9.17) is 21.1 Å². The van der Waals surface area contributed by atoms with Gasteiger partial charge in [-0.15, -0.1) is 0 Å². The zero-order valence-electron chi connectivity index (χ0n) is 10.9. The molecule has 0 bridgehead atoms. The van der Waals surface area contributed by atoms with E-state index < -0.39 is 9.73 Å². The summed E-state index contributed by atoms with van der Waals surface area (Å²) in [6, 6.07) is 1.96. The van der Waals surface area contributed by atoms with E-state index in [1.54, 1.807) is 6.07 Å². The zero-order valence-corrected chi connectivity index (χ0v) is 12.5. The van der Waals surface area contributed by atoms with E-state index >= 15 is 0 Å². The Kier molecular flexibility index (Phi) is 4.27. The van der Waals surface area contributed by atoms with Crippen molar-refractivity contribution in [2.45, 2.75) is 18.7 Å². The first-order chi connectivity index (χ1) is 8.85. The fraction of sp³-hybridized carbons (Fsp3) is 0.636. The van der Waals surface area contributed by atoms with Crippen LogP contribution in [-0.4, -0.2) is 46.2 Å². The number of nitrogens with zero attached hydrogens (tertiary/aromatic N) is 3. The zero-order chi connectivity index (χ0) is 14.0. The minimum Gasteiger partial charge on any atom is -0.377 e. The third-order valence-corrected chi connectivity index (χ3v) is 3.84. The van der Waals surface area contributed by atoms with Crippen LogP contribution in [0.1, 0.15) is 12.6 Å². The van der Waals surface area contributed by atoms with Gasteiger partial charge in [-0.1, -0.05) is 0 Å². The van der Waals surface area contributed by atoms with Crippen LogP contribution in [0.4, 0.5) is 5.82 Å². The third kappa shape index (κ3) is 4.02. The molecular formula is C11H17ClN4O2S. The average Bonchev–Trinajstić information content (AvgIpc) is 2.26. The average molecular weight is 305 g/mol. The Balaban J connectivity index is 2.30. The summed E-state index contributed by atoms with van der Waals surface area (Å²) in [6.45, 7) is 4.06. The van der Waals surface area contributed by atoms with E-state index in [0.717, 1.165) is 6.54 Å². The number of aromatic nitrogens is 2. The molecule has 1 aliphatic heterocycles. The highest BCUT2D eigenvalue weighted by molar-refractivity contribution is 7.90. The van der Waals surface area contributed by atoms with E-state index in [1.807, 2.05) is 6.92 Å². The molecule has 0 spiro atoms. The van der Waals surface area contributed by atoms with E-state index in [2.05, 4.69) is 14.9 Å². The standard InChI is InChI=1S/C11H17ClN4O2S/c1-8-6-18-4-3-16(8)10-5-9(7-19(2,13)17)14-11(12)15-10/h5,8,13H,3-4,6-7H2,1-2H3/t8-,19+/m0/s1. The van der Waals surface area contributed by atoms with Crippen molar-refractivity contribution in [3.8, 4) is 0 Å². The summed E-state index contributed by atoms with van der Waals surface area (Å²) in [4.78, 5) is 10.3. The van der Waals surface area contributed by atoms with Gasteiger partial charge in [0.1, 0.15) is 5.82 Å². The molecule has 1 N–H and O–H groups in total. The van der Waals surface area contributed by atoms with Crippen molar-refractivity contribution in [2.75, 3.05) is 30.9 Å². The molecule has 0 unspecified atom stereocenters. The molecular weight excluding hydrogens is 288 g/mol. The first-order valence-corrected chi connectivity index (χ1v) is 8.46. The predicted octanol–water partition coefficient (Wildman–Crippen LogP) is 1.53. The highest BCUT2D eigenvalue weighted by Crippen LogP contribution is 2.20. The summed E-state index contributed by atoms with van der Waals surface area (Å²) >= 11 is 5.91. The van der Waals surface area contributed by atoms with Crippen LogP contribution >= 0.6 is 11.6 Å². The molecule has 2 heterocycles. The molecule has 2 atom stereocenters. The fourth-order valence-corrected chi connectivity index (χ4v) is 2.93. The molecule has 106 valence electrons. The van der Waals surface area contributed by atoms with E-state index in [1.165, 1.54) is 6.26 Å². The van der Waals surface area contributed by atoms with Crippen LogP contribution in [0.2, 0.25) is 5.28 Å². The number of rotatable bonds is 3. The Bertz CT molecular complexity index is 564. The Labute approximate surface area is 118 Å². The molecule has 1 aromatic heterocycles. The van der Waals surface area contributed by atoms with Gasteiger partial charge in [0.2, 0.25) is 5.28 Å². The van der Waals surface area contributed by atoms with E-state index in [-0.39, 0.29) is 17.1 Å². The minimum absolute atomic E-state index is 0.0843. The molecule has 1 saturated heterocycles.